The van der Waals surface area contributed by atoms with Gasteiger partial charge in [-0.2, -0.15) is 0 Å². The number of hydrogen-bond acceptors (Lipinski definition) is 30. The van der Waals surface area contributed by atoms with E-state index in [2.05, 4.69) is 0 Å². The number of aliphatic hydroxyl groups is 18. The third-order valence-corrected chi connectivity index (χ3v) is 12.5. The second-order valence-electron chi connectivity index (χ2n) is 16.8. The number of nitrogens with two attached hydrogens (primary N) is 1. The Balaban J connectivity index is 1.18. The van der Waals surface area contributed by atoms with E-state index in [4.69, 9.17) is 57.8 Å². The highest BCUT2D eigenvalue weighted by Crippen LogP contribution is 2.36. The number of aliphatic hydroxyl groups excluding tert-OH is 18. The Kier molecular flexibility index (Phi) is 18.8. The highest BCUT2D eigenvalue weighted by Gasteiger charge is 2.57. The summed E-state index contributed by atoms with van der Waals surface area (Å²) >= 11 is 0. The molecule has 0 aromatic heterocycles. The molecule has 20 N–H and O–H groups in total. The molecule has 0 radical (unpaired) electrons. The minimum absolute atomic E-state index is 0.860. The average molecular weight is 974 g/mol. The standard InChI is InChI=1S/C36H63NO29/c1-7-14(43)18(47)23(52)33(56-7)66-30-19(48)15(44)8(2-38)60-36(30)64-28-13(37)32(58-9(3-39)16(28)45)65-29-17(46)10(4-40)59-35(25(29)54)63-27-12(6-42)61-34(24(53)21(27)50)62-26-11(5-41)57-31(55)22(51)20(26)49/h7-36,38-55H,2-6,37H2,1H3/t7?,8?,9?,10?,11?,12?,13?,14-,15-,16-,17-,18+,19-,20+,21+,22?,23?,24?,25?,26-,27-,28+,29-,30?,31+,32-,33-,34-,35-,36-/m0/s1. The van der Waals surface area contributed by atoms with Crippen molar-refractivity contribution in [3.63, 3.8) is 0 Å². The van der Waals surface area contributed by atoms with Crippen LogP contribution < -0.4 is 5.73 Å². The highest BCUT2D eigenvalue weighted by molar-refractivity contribution is 5.00. The van der Waals surface area contributed by atoms with Gasteiger partial charge in [-0.05, 0) is 6.92 Å². The molecule has 0 aromatic rings. The first-order valence-electron chi connectivity index (χ1n) is 21.1. The lowest BCUT2D eigenvalue weighted by atomic mass is 9.94. The number of hydrogen-bond donors (Lipinski definition) is 19. The quantitative estimate of drug-likeness (QED) is 0.0724. The molecule has 0 saturated carbocycles. The minimum atomic E-state index is -2.15. The Hall–Kier alpha value is -1.20. The smallest absolute Gasteiger partial charge is 0.187 e. The summed E-state index contributed by atoms with van der Waals surface area (Å²) in [5.74, 6) is 0. The van der Waals surface area contributed by atoms with Crippen LogP contribution in [0.1, 0.15) is 6.92 Å². The molecular formula is C36H63NO29. The van der Waals surface area contributed by atoms with Gasteiger partial charge in [-0.15, -0.1) is 0 Å². The topological polar surface area (TPSA) is 492 Å². The van der Waals surface area contributed by atoms with Crippen molar-refractivity contribution < 1.29 is 144 Å². The van der Waals surface area contributed by atoms with Crippen LogP contribution >= 0.6 is 0 Å². The Morgan fingerprint density at radius 3 is 1.27 bits per heavy atom. The summed E-state index contributed by atoms with van der Waals surface area (Å²) in [6.45, 7) is -3.36. The molecule has 30 heteroatoms. The molecule has 0 bridgehead atoms. The average Bonchev–Trinajstić information content (AvgIpc) is 3.30. The van der Waals surface area contributed by atoms with E-state index >= 15 is 0 Å². The van der Waals surface area contributed by atoms with Crippen LogP contribution in [0.25, 0.3) is 0 Å². The van der Waals surface area contributed by atoms with Crippen molar-refractivity contribution in [3.05, 3.63) is 0 Å². The third-order valence-electron chi connectivity index (χ3n) is 12.5. The summed E-state index contributed by atoms with van der Waals surface area (Å²) in [5, 5.41) is 190. The van der Waals surface area contributed by atoms with E-state index in [1.165, 1.54) is 6.92 Å². The monoisotopic (exact) mass is 973 g/mol. The van der Waals surface area contributed by atoms with E-state index in [1.807, 2.05) is 0 Å². The summed E-state index contributed by atoms with van der Waals surface area (Å²) in [5.41, 5.74) is 6.47. The van der Waals surface area contributed by atoms with Crippen LogP contribution in [-0.4, -0.2) is 309 Å². The molecule has 0 spiro atoms. The maximum Gasteiger partial charge on any atom is 0.187 e. The van der Waals surface area contributed by atoms with Gasteiger partial charge in [-0.25, -0.2) is 0 Å². The molecule has 66 heavy (non-hydrogen) atoms. The van der Waals surface area contributed by atoms with Crippen LogP contribution in [0, 0.1) is 0 Å². The van der Waals surface area contributed by atoms with Gasteiger partial charge in [-0.3, -0.25) is 0 Å². The van der Waals surface area contributed by atoms with E-state index < -0.39 is 217 Å². The molecule has 6 heterocycles. The van der Waals surface area contributed by atoms with Gasteiger partial charge >= 0.3 is 0 Å². The molecule has 0 aliphatic carbocycles. The molecule has 30 nitrogen and oxygen atoms in total. The minimum Gasteiger partial charge on any atom is -0.394 e. The van der Waals surface area contributed by atoms with E-state index in [9.17, 15) is 91.9 Å². The Morgan fingerprint density at radius 1 is 0.318 bits per heavy atom. The fourth-order valence-electron chi connectivity index (χ4n) is 8.49. The zero-order valence-corrected chi connectivity index (χ0v) is 35.0. The largest absolute Gasteiger partial charge is 0.394 e. The Morgan fingerprint density at radius 2 is 0.697 bits per heavy atom. The van der Waals surface area contributed by atoms with Crippen molar-refractivity contribution in [2.24, 2.45) is 5.73 Å². The van der Waals surface area contributed by atoms with Crippen molar-refractivity contribution in [3.8, 4) is 0 Å². The number of ether oxygens (including phenoxy) is 11. The molecular weight excluding hydrogens is 910 g/mol. The lowest BCUT2D eigenvalue weighted by molar-refractivity contribution is -0.392. The maximum atomic E-state index is 11.5. The van der Waals surface area contributed by atoms with Crippen molar-refractivity contribution in [1.29, 1.82) is 0 Å². The van der Waals surface area contributed by atoms with E-state index in [-0.39, 0.29) is 0 Å². The summed E-state index contributed by atoms with van der Waals surface area (Å²) in [6.07, 6.45) is -52.9. The van der Waals surface area contributed by atoms with Gasteiger partial charge in [0.25, 0.3) is 0 Å². The second kappa shape index (κ2) is 22.9. The van der Waals surface area contributed by atoms with Crippen LogP contribution in [0.4, 0.5) is 0 Å². The zero-order chi connectivity index (χ0) is 48.6. The fourth-order valence-corrected chi connectivity index (χ4v) is 8.49. The van der Waals surface area contributed by atoms with Crippen LogP contribution in [0.2, 0.25) is 0 Å². The van der Waals surface area contributed by atoms with Crippen LogP contribution in [-0.2, 0) is 52.1 Å². The van der Waals surface area contributed by atoms with Gasteiger partial charge in [-0.1, -0.05) is 0 Å². The fraction of sp³-hybridized carbons (Fsp3) is 1.00. The predicted octanol–water partition coefficient (Wildman–Crippen LogP) is -13.1. The first kappa shape index (κ1) is 54.1. The van der Waals surface area contributed by atoms with Crippen LogP contribution in [0.15, 0.2) is 0 Å². The normalized spacial score (nSPS) is 54.0. The van der Waals surface area contributed by atoms with Gasteiger partial charge in [0.2, 0.25) is 0 Å². The molecule has 6 saturated heterocycles. The van der Waals surface area contributed by atoms with Gasteiger partial charge in [0, 0.05) is 0 Å². The van der Waals surface area contributed by atoms with Crippen molar-refractivity contribution in [2.45, 2.75) is 191 Å². The zero-order valence-electron chi connectivity index (χ0n) is 35.0. The highest BCUT2D eigenvalue weighted by atomic mass is 16.8. The van der Waals surface area contributed by atoms with Crippen LogP contribution in [0.5, 0.6) is 0 Å². The molecule has 0 amide bonds. The van der Waals surface area contributed by atoms with E-state index in [0.29, 0.717) is 0 Å². The Bertz CT molecular complexity index is 1490. The molecule has 30 atom stereocenters. The molecule has 6 rings (SSSR count). The Labute approximate surface area is 373 Å². The summed E-state index contributed by atoms with van der Waals surface area (Å²) in [4.78, 5) is 0. The third kappa shape index (κ3) is 10.8. The van der Waals surface area contributed by atoms with Crippen molar-refractivity contribution in [1.82, 2.24) is 0 Å². The van der Waals surface area contributed by atoms with E-state index in [1.54, 1.807) is 0 Å². The van der Waals surface area contributed by atoms with Gasteiger partial charge < -0.3 is 150 Å². The maximum absolute atomic E-state index is 11.5. The summed E-state index contributed by atoms with van der Waals surface area (Å²) in [6, 6.07) is -1.73. The second-order valence-corrected chi connectivity index (χ2v) is 16.8. The number of rotatable bonds is 15. The van der Waals surface area contributed by atoms with Crippen LogP contribution in [0.3, 0.4) is 0 Å². The van der Waals surface area contributed by atoms with Crippen molar-refractivity contribution >= 4 is 0 Å². The van der Waals surface area contributed by atoms with Gasteiger partial charge in [0.1, 0.15) is 134 Å². The molecule has 0 aromatic carbocycles. The first-order chi connectivity index (χ1) is 31.2. The lowest BCUT2D eigenvalue weighted by Gasteiger charge is -2.50. The van der Waals surface area contributed by atoms with Gasteiger partial charge in [0.15, 0.2) is 37.7 Å². The summed E-state index contributed by atoms with van der Waals surface area (Å²) in [7, 11) is 0. The SMILES string of the molecule is CC1O[C@@H](OC2[C@H](O[C@@H]3C(N)[C@H](O[C@@H]4C(O)[C@H](O[C@H]5C(CO)O[C@@H](O[C@H]6C(CO)O[C@@H](O)C(O)[C@H]6O)C(O)[C@H]5O)OC(CO)[C@@H]4O)OC(CO)[C@@H]3O)OC(CO)[C@H](O)[C@@H]2O)C(O)[C@H](O)[C@H]1O. The molecule has 6 aliphatic rings. The van der Waals surface area contributed by atoms with Crippen molar-refractivity contribution in [2.75, 3.05) is 33.0 Å². The molecule has 12 unspecified atom stereocenters. The molecule has 386 valence electrons. The van der Waals surface area contributed by atoms with E-state index in [0.717, 1.165) is 0 Å². The summed E-state index contributed by atoms with van der Waals surface area (Å²) < 4.78 is 61.8. The predicted molar refractivity (Wildman–Crippen MR) is 200 cm³/mol. The molecule has 6 aliphatic heterocycles. The molecule has 6 fully saturated rings. The lowest BCUT2D eigenvalue weighted by Crippen LogP contribution is -2.69. The first-order valence-corrected chi connectivity index (χ1v) is 21.1. The van der Waals surface area contributed by atoms with Gasteiger partial charge in [0.05, 0.1) is 45.2 Å².